The second kappa shape index (κ2) is 7.30. The summed E-state index contributed by atoms with van der Waals surface area (Å²) in [5.41, 5.74) is 2.85. The molecule has 0 bridgehead atoms. The Labute approximate surface area is 82.0 Å². The Bertz CT molecular complexity index is 111. The minimum absolute atomic E-state index is 0.250. The first-order chi connectivity index (χ1) is 6.17. The summed E-state index contributed by atoms with van der Waals surface area (Å²) in [5.74, 6) is 6.01. The minimum atomic E-state index is 0.250. The lowest BCUT2D eigenvalue weighted by atomic mass is 9.96. The average molecular weight is 188 g/mol. The fraction of sp³-hybridized carbons (Fsp3) is 1.00. The molecule has 0 radical (unpaired) electrons. The topological polar surface area (TPSA) is 47.3 Å². The molecule has 0 aromatic carbocycles. The van der Waals surface area contributed by atoms with Crippen molar-refractivity contribution >= 4 is 0 Å². The van der Waals surface area contributed by atoms with E-state index in [9.17, 15) is 0 Å². The summed E-state index contributed by atoms with van der Waals surface area (Å²) < 4.78 is 5.65. The summed E-state index contributed by atoms with van der Waals surface area (Å²) in [6.07, 6.45) is 2.45. The van der Waals surface area contributed by atoms with E-state index in [0.717, 1.165) is 19.4 Å². The van der Waals surface area contributed by atoms with E-state index in [1.807, 2.05) is 6.92 Å². The summed E-state index contributed by atoms with van der Waals surface area (Å²) in [6, 6.07) is 0.264. The van der Waals surface area contributed by atoms with Crippen LogP contribution in [-0.4, -0.2) is 18.8 Å². The zero-order valence-corrected chi connectivity index (χ0v) is 9.34. The molecule has 3 nitrogen and oxygen atoms in total. The third kappa shape index (κ3) is 4.60. The number of nitrogens with two attached hydrogens (primary N) is 1. The quantitative estimate of drug-likeness (QED) is 0.472. The van der Waals surface area contributed by atoms with Gasteiger partial charge in [0.05, 0.1) is 6.10 Å². The van der Waals surface area contributed by atoms with Crippen LogP contribution in [0.25, 0.3) is 0 Å². The van der Waals surface area contributed by atoms with Crippen molar-refractivity contribution in [3.63, 3.8) is 0 Å². The molecule has 0 aliphatic rings. The number of hydrazine groups is 1. The molecule has 2 atom stereocenters. The Morgan fingerprint density at radius 2 is 1.92 bits per heavy atom. The monoisotopic (exact) mass is 188 g/mol. The number of hydrogen-bond donors (Lipinski definition) is 2. The maximum absolute atomic E-state index is 5.65. The molecule has 0 aliphatic carbocycles. The Kier molecular flexibility index (Phi) is 7.23. The fourth-order valence-electron chi connectivity index (χ4n) is 1.59. The molecule has 0 rings (SSSR count). The third-order valence-corrected chi connectivity index (χ3v) is 2.27. The standard InChI is InChI=1S/C10H24N2O/c1-5-7-9(13-6-2)10(12-11)8(3)4/h8-10,12H,5-7,11H2,1-4H3. The molecule has 3 N–H and O–H groups in total. The molecule has 2 unspecified atom stereocenters. The fourth-order valence-corrected chi connectivity index (χ4v) is 1.59. The Balaban J connectivity index is 4.11. The van der Waals surface area contributed by atoms with Gasteiger partial charge < -0.3 is 4.74 Å². The maximum atomic E-state index is 5.65. The van der Waals surface area contributed by atoms with E-state index in [4.69, 9.17) is 10.6 Å². The van der Waals surface area contributed by atoms with Crippen LogP contribution in [0.3, 0.4) is 0 Å². The average Bonchev–Trinajstić information content (AvgIpc) is 2.05. The van der Waals surface area contributed by atoms with Gasteiger partial charge in [0, 0.05) is 12.6 Å². The highest BCUT2D eigenvalue weighted by Gasteiger charge is 2.22. The van der Waals surface area contributed by atoms with Gasteiger partial charge in [0.15, 0.2) is 0 Å². The maximum Gasteiger partial charge on any atom is 0.0743 e. The van der Waals surface area contributed by atoms with E-state index >= 15 is 0 Å². The molecule has 0 aromatic rings. The number of ether oxygens (including phenoxy) is 1. The summed E-state index contributed by atoms with van der Waals surface area (Å²) in [5, 5.41) is 0. The van der Waals surface area contributed by atoms with Crippen LogP contribution in [0.1, 0.15) is 40.5 Å². The number of rotatable bonds is 7. The van der Waals surface area contributed by atoms with E-state index in [1.165, 1.54) is 0 Å². The molecule has 0 fully saturated rings. The van der Waals surface area contributed by atoms with Gasteiger partial charge in [-0.3, -0.25) is 11.3 Å². The molecular weight excluding hydrogens is 164 g/mol. The molecule has 80 valence electrons. The smallest absolute Gasteiger partial charge is 0.0743 e. The van der Waals surface area contributed by atoms with E-state index < -0.39 is 0 Å². The molecule has 0 spiro atoms. The van der Waals surface area contributed by atoms with Gasteiger partial charge >= 0.3 is 0 Å². The van der Waals surface area contributed by atoms with Crippen LogP contribution in [0, 0.1) is 5.92 Å². The van der Waals surface area contributed by atoms with Crippen LogP contribution in [0.15, 0.2) is 0 Å². The van der Waals surface area contributed by atoms with Gasteiger partial charge in [0.2, 0.25) is 0 Å². The van der Waals surface area contributed by atoms with Gasteiger partial charge in [-0.05, 0) is 19.3 Å². The molecule has 13 heavy (non-hydrogen) atoms. The van der Waals surface area contributed by atoms with Crippen molar-refractivity contribution in [2.75, 3.05) is 6.61 Å². The van der Waals surface area contributed by atoms with Gasteiger partial charge in [-0.25, -0.2) is 0 Å². The zero-order chi connectivity index (χ0) is 10.3. The van der Waals surface area contributed by atoms with Crippen LogP contribution >= 0.6 is 0 Å². The van der Waals surface area contributed by atoms with Crippen LogP contribution in [0.5, 0.6) is 0 Å². The molecule has 3 heteroatoms. The summed E-state index contributed by atoms with van der Waals surface area (Å²) in [7, 11) is 0. The first-order valence-electron chi connectivity index (χ1n) is 5.25. The molecule has 0 amide bonds. The third-order valence-electron chi connectivity index (χ3n) is 2.27. The van der Waals surface area contributed by atoms with Gasteiger partial charge in [-0.2, -0.15) is 0 Å². The van der Waals surface area contributed by atoms with Crippen LogP contribution in [-0.2, 0) is 4.74 Å². The zero-order valence-electron chi connectivity index (χ0n) is 9.34. The highest BCUT2D eigenvalue weighted by molar-refractivity contribution is 4.77. The van der Waals surface area contributed by atoms with E-state index in [0.29, 0.717) is 5.92 Å². The second-order valence-corrected chi connectivity index (χ2v) is 3.72. The lowest BCUT2D eigenvalue weighted by Gasteiger charge is -2.29. The van der Waals surface area contributed by atoms with Crippen molar-refractivity contribution in [1.82, 2.24) is 5.43 Å². The van der Waals surface area contributed by atoms with Crippen LogP contribution in [0.2, 0.25) is 0 Å². The van der Waals surface area contributed by atoms with Crippen molar-refractivity contribution in [2.24, 2.45) is 11.8 Å². The molecule has 0 aliphatic heterocycles. The highest BCUT2D eigenvalue weighted by atomic mass is 16.5. The lowest BCUT2D eigenvalue weighted by Crippen LogP contribution is -2.48. The van der Waals surface area contributed by atoms with Gasteiger partial charge in [-0.15, -0.1) is 0 Å². The molecular formula is C10H24N2O. The van der Waals surface area contributed by atoms with E-state index in [1.54, 1.807) is 0 Å². The van der Waals surface area contributed by atoms with Crippen molar-refractivity contribution in [2.45, 2.75) is 52.7 Å². The lowest BCUT2D eigenvalue weighted by molar-refractivity contribution is 0.0159. The predicted molar refractivity (Wildman–Crippen MR) is 56.3 cm³/mol. The van der Waals surface area contributed by atoms with Crippen molar-refractivity contribution in [1.29, 1.82) is 0 Å². The molecule has 0 saturated carbocycles. The van der Waals surface area contributed by atoms with E-state index in [2.05, 4.69) is 26.2 Å². The van der Waals surface area contributed by atoms with Gasteiger partial charge in [0.25, 0.3) is 0 Å². The Hall–Kier alpha value is -0.120. The SMILES string of the molecule is CCCC(OCC)C(NN)C(C)C. The Morgan fingerprint density at radius 1 is 1.31 bits per heavy atom. The highest BCUT2D eigenvalue weighted by Crippen LogP contribution is 2.13. The predicted octanol–water partition coefficient (Wildman–Crippen LogP) is 1.68. The van der Waals surface area contributed by atoms with Crippen molar-refractivity contribution < 1.29 is 4.74 Å². The number of hydrogen-bond acceptors (Lipinski definition) is 3. The number of nitrogens with one attached hydrogen (secondary N) is 1. The molecule has 0 heterocycles. The van der Waals surface area contributed by atoms with Crippen molar-refractivity contribution in [3.8, 4) is 0 Å². The Morgan fingerprint density at radius 3 is 2.23 bits per heavy atom. The summed E-state index contributed by atoms with van der Waals surface area (Å²) >= 11 is 0. The first kappa shape index (κ1) is 12.9. The van der Waals surface area contributed by atoms with Crippen molar-refractivity contribution in [3.05, 3.63) is 0 Å². The van der Waals surface area contributed by atoms with Crippen LogP contribution < -0.4 is 11.3 Å². The normalized spacial score (nSPS) is 16.2. The van der Waals surface area contributed by atoms with E-state index in [-0.39, 0.29) is 12.1 Å². The van der Waals surface area contributed by atoms with Crippen LogP contribution in [0.4, 0.5) is 0 Å². The second-order valence-electron chi connectivity index (χ2n) is 3.72. The van der Waals surface area contributed by atoms with Gasteiger partial charge in [-0.1, -0.05) is 27.2 Å². The molecule has 0 aromatic heterocycles. The first-order valence-corrected chi connectivity index (χ1v) is 5.25. The molecule has 0 saturated heterocycles. The summed E-state index contributed by atoms with van der Waals surface area (Å²) in [4.78, 5) is 0. The van der Waals surface area contributed by atoms with Gasteiger partial charge in [0.1, 0.15) is 0 Å². The minimum Gasteiger partial charge on any atom is -0.377 e. The summed E-state index contributed by atoms with van der Waals surface area (Å²) in [6.45, 7) is 9.27. The largest absolute Gasteiger partial charge is 0.377 e.